The topological polar surface area (TPSA) is 29.5 Å². The van der Waals surface area contributed by atoms with Crippen molar-refractivity contribution in [3.05, 3.63) is 0 Å². The average Bonchev–Trinajstić information content (AvgIpc) is 2.34. The lowest BCUT2D eigenvalue weighted by atomic mass is 10.2. The van der Waals surface area contributed by atoms with Crippen molar-refractivity contribution in [3.63, 3.8) is 0 Å². The third-order valence-corrected chi connectivity index (χ3v) is 2.68. The van der Waals surface area contributed by atoms with Crippen molar-refractivity contribution in [3.8, 4) is 0 Å². The summed E-state index contributed by atoms with van der Waals surface area (Å²) in [5, 5.41) is 0. The van der Waals surface area contributed by atoms with Crippen LogP contribution >= 0.6 is 0 Å². The lowest BCUT2D eigenvalue weighted by Crippen LogP contribution is -2.30. The Kier molecular flexibility index (Phi) is 9.65. The van der Waals surface area contributed by atoms with Gasteiger partial charge in [-0.05, 0) is 25.9 Å². The lowest BCUT2D eigenvalue weighted by Gasteiger charge is -2.21. The summed E-state index contributed by atoms with van der Waals surface area (Å²) in [5.41, 5.74) is 0. The Hall–Kier alpha value is -0.780. The van der Waals surface area contributed by atoms with Crippen molar-refractivity contribution in [1.82, 2.24) is 4.90 Å². The zero-order chi connectivity index (χ0) is 14.7. The molecule has 19 heavy (non-hydrogen) atoms. The van der Waals surface area contributed by atoms with Crippen LogP contribution in [0.15, 0.2) is 0 Å². The fourth-order valence-electron chi connectivity index (χ4n) is 1.58. The van der Waals surface area contributed by atoms with Crippen molar-refractivity contribution in [2.75, 3.05) is 26.2 Å². The Labute approximate surface area is 113 Å². The number of hydrogen-bond acceptors (Lipinski definition) is 3. The molecule has 0 atom stereocenters. The number of esters is 1. The maximum atomic E-state index is 11.9. The van der Waals surface area contributed by atoms with E-state index in [1.165, 1.54) is 0 Å². The van der Waals surface area contributed by atoms with Crippen molar-refractivity contribution in [2.24, 2.45) is 0 Å². The van der Waals surface area contributed by atoms with Gasteiger partial charge in [-0.1, -0.05) is 26.7 Å². The van der Waals surface area contributed by atoms with Crippen LogP contribution < -0.4 is 0 Å². The van der Waals surface area contributed by atoms with Crippen LogP contribution in [0.5, 0.6) is 0 Å². The molecule has 0 aliphatic heterocycles. The number of halogens is 3. The second-order valence-corrected chi connectivity index (χ2v) is 4.57. The van der Waals surface area contributed by atoms with Gasteiger partial charge >= 0.3 is 12.1 Å². The molecule has 0 fully saturated rings. The Balaban J connectivity index is 3.90. The molecule has 0 aromatic heterocycles. The van der Waals surface area contributed by atoms with Crippen LogP contribution in [-0.2, 0) is 9.53 Å². The van der Waals surface area contributed by atoms with Crippen LogP contribution in [0.3, 0.4) is 0 Å². The molecule has 0 unspecified atom stereocenters. The van der Waals surface area contributed by atoms with Crippen LogP contribution in [0.2, 0.25) is 0 Å². The Morgan fingerprint density at radius 1 is 1.05 bits per heavy atom. The highest BCUT2D eigenvalue weighted by Gasteiger charge is 2.29. The number of rotatable bonds is 10. The zero-order valence-electron chi connectivity index (χ0n) is 11.8. The van der Waals surface area contributed by atoms with E-state index in [-0.39, 0.29) is 6.42 Å². The van der Waals surface area contributed by atoms with Crippen molar-refractivity contribution in [1.29, 1.82) is 0 Å². The molecule has 6 heteroatoms. The van der Waals surface area contributed by atoms with E-state index >= 15 is 0 Å². The highest BCUT2D eigenvalue weighted by atomic mass is 19.4. The highest BCUT2D eigenvalue weighted by molar-refractivity contribution is 5.69. The number of carbonyl (C=O) groups excluding carboxylic acids is 1. The summed E-state index contributed by atoms with van der Waals surface area (Å²) < 4.78 is 39.8. The van der Waals surface area contributed by atoms with Crippen molar-refractivity contribution in [2.45, 2.75) is 52.1 Å². The van der Waals surface area contributed by atoms with Gasteiger partial charge in [-0.2, -0.15) is 13.2 Å². The molecule has 0 aliphatic carbocycles. The summed E-state index contributed by atoms with van der Waals surface area (Å²) in [5.74, 6) is -0.782. The van der Waals surface area contributed by atoms with Gasteiger partial charge in [-0.3, -0.25) is 4.79 Å². The summed E-state index contributed by atoms with van der Waals surface area (Å²) in [6.07, 6.45) is -0.256. The Bertz CT molecular complexity index is 237. The first-order valence-electron chi connectivity index (χ1n) is 6.83. The van der Waals surface area contributed by atoms with Gasteiger partial charge in [0.05, 0.1) is 6.42 Å². The minimum atomic E-state index is -4.44. The number of nitrogens with zero attached hydrogens (tertiary/aromatic N) is 1. The van der Waals surface area contributed by atoms with Gasteiger partial charge < -0.3 is 9.64 Å². The molecule has 0 aliphatic rings. The van der Waals surface area contributed by atoms with E-state index in [0.29, 0.717) is 6.54 Å². The fourth-order valence-corrected chi connectivity index (χ4v) is 1.58. The second kappa shape index (κ2) is 10.1. The van der Waals surface area contributed by atoms with Gasteiger partial charge in [0, 0.05) is 6.54 Å². The number of carbonyl (C=O) groups is 1. The van der Waals surface area contributed by atoms with E-state index < -0.39 is 18.8 Å². The first kappa shape index (κ1) is 18.2. The van der Waals surface area contributed by atoms with Gasteiger partial charge in [0.15, 0.2) is 6.61 Å². The zero-order valence-corrected chi connectivity index (χ0v) is 11.8. The van der Waals surface area contributed by atoms with E-state index in [1.54, 1.807) is 0 Å². The monoisotopic (exact) mass is 283 g/mol. The lowest BCUT2D eigenvalue weighted by molar-refractivity contribution is -0.186. The Morgan fingerprint density at radius 2 is 1.58 bits per heavy atom. The van der Waals surface area contributed by atoms with E-state index in [2.05, 4.69) is 23.5 Å². The third-order valence-electron chi connectivity index (χ3n) is 2.68. The van der Waals surface area contributed by atoms with E-state index in [9.17, 15) is 18.0 Å². The summed E-state index contributed by atoms with van der Waals surface area (Å²) in [4.78, 5) is 13.3. The van der Waals surface area contributed by atoms with E-state index in [4.69, 9.17) is 0 Å². The van der Waals surface area contributed by atoms with E-state index in [1.807, 2.05) is 0 Å². The molecule has 0 aromatic carbocycles. The van der Waals surface area contributed by atoms with Crippen LogP contribution in [0.25, 0.3) is 0 Å². The van der Waals surface area contributed by atoms with Crippen molar-refractivity contribution < 1.29 is 22.7 Å². The van der Waals surface area contributed by atoms with Crippen LogP contribution in [-0.4, -0.2) is 43.3 Å². The fraction of sp³-hybridized carbons (Fsp3) is 0.923. The molecule has 3 nitrogen and oxygen atoms in total. The number of alkyl halides is 3. The summed E-state index contributed by atoms with van der Waals surface area (Å²) >= 11 is 0. The van der Waals surface area contributed by atoms with Gasteiger partial charge in [0.2, 0.25) is 0 Å². The molecular formula is C13H24F3NO2. The molecule has 0 saturated carbocycles. The predicted octanol–water partition coefficient (Wildman–Crippen LogP) is 3.38. The molecule has 0 rings (SSSR count). The summed E-state index contributed by atoms with van der Waals surface area (Å²) in [6.45, 7) is 4.89. The maximum Gasteiger partial charge on any atom is 0.422 e. The maximum absolute atomic E-state index is 11.9. The number of hydrogen-bond donors (Lipinski definition) is 0. The Morgan fingerprint density at radius 3 is 2.00 bits per heavy atom. The summed E-state index contributed by atoms with van der Waals surface area (Å²) in [6, 6.07) is 0. The van der Waals surface area contributed by atoms with Gasteiger partial charge in [-0.15, -0.1) is 0 Å². The predicted molar refractivity (Wildman–Crippen MR) is 67.9 cm³/mol. The van der Waals surface area contributed by atoms with Gasteiger partial charge in [0.1, 0.15) is 0 Å². The normalized spacial score (nSPS) is 11.9. The average molecular weight is 283 g/mol. The molecule has 0 spiro atoms. The van der Waals surface area contributed by atoms with Gasteiger partial charge in [0.25, 0.3) is 0 Å². The third kappa shape index (κ3) is 12.0. The standard InChI is InChI=1S/C13H24F3NO2/c1-3-5-8-17(9-6-4-2)10-7-12(18)19-11-13(14,15)16/h3-11H2,1-2H3. The van der Waals surface area contributed by atoms with Gasteiger partial charge in [-0.25, -0.2) is 0 Å². The molecule has 0 aromatic rings. The summed E-state index contributed by atoms with van der Waals surface area (Å²) in [7, 11) is 0. The number of unbranched alkanes of at least 4 members (excludes halogenated alkanes) is 2. The van der Waals surface area contributed by atoms with Crippen LogP contribution in [0, 0.1) is 0 Å². The molecule has 0 heterocycles. The molecule has 0 N–H and O–H groups in total. The van der Waals surface area contributed by atoms with Crippen LogP contribution in [0.1, 0.15) is 46.0 Å². The van der Waals surface area contributed by atoms with Crippen LogP contribution in [0.4, 0.5) is 13.2 Å². The second-order valence-electron chi connectivity index (χ2n) is 4.57. The first-order chi connectivity index (χ1) is 8.89. The minimum absolute atomic E-state index is 0.0174. The molecule has 0 radical (unpaired) electrons. The smallest absolute Gasteiger partial charge is 0.422 e. The SMILES string of the molecule is CCCCN(CCCC)CCC(=O)OCC(F)(F)F. The molecular weight excluding hydrogens is 259 g/mol. The largest absolute Gasteiger partial charge is 0.456 e. The molecule has 114 valence electrons. The van der Waals surface area contributed by atoms with E-state index in [0.717, 1.165) is 38.8 Å². The quantitative estimate of drug-likeness (QED) is 0.576. The first-order valence-corrected chi connectivity index (χ1v) is 6.83. The molecule has 0 saturated heterocycles. The van der Waals surface area contributed by atoms with Crippen molar-refractivity contribution >= 4 is 5.97 Å². The number of ether oxygens (including phenoxy) is 1. The highest BCUT2D eigenvalue weighted by Crippen LogP contribution is 2.14. The molecule has 0 amide bonds. The molecule has 0 bridgehead atoms. The minimum Gasteiger partial charge on any atom is -0.456 e.